The standard InChI is InChI=1S/C13H13NO2S/c1-9-7-8-17-12(9)14(2)11-5-3-10(4-6-11)13(15)16/h3-8H,1-2H3,(H,15,16). The third kappa shape index (κ3) is 2.31. The third-order valence-electron chi connectivity index (χ3n) is 2.64. The second-order valence-corrected chi connectivity index (χ2v) is 4.71. The number of carbonyl (C=O) groups is 1. The molecule has 0 aliphatic carbocycles. The zero-order valence-corrected chi connectivity index (χ0v) is 10.5. The molecule has 1 heterocycles. The maximum Gasteiger partial charge on any atom is 0.335 e. The number of anilines is 2. The van der Waals surface area contributed by atoms with Crippen LogP contribution in [0.1, 0.15) is 15.9 Å². The molecular weight excluding hydrogens is 234 g/mol. The van der Waals surface area contributed by atoms with Gasteiger partial charge in [0.05, 0.1) is 10.6 Å². The molecule has 4 heteroatoms. The summed E-state index contributed by atoms with van der Waals surface area (Å²) in [6, 6.07) is 8.96. The lowest BCUT2D eigenvalue weighted by atomic mass is 10.2. The van der Waals surface area contributed by atoms with Gasteiger partial charge in [-0.3, -0.25) is 0 Å². The Hall–Kier alpha value is -1.81. The van der Waals surface area contributed by atoms with Crippen molar-refractivity contribution in [3.8, 4) is 0 Å². The predicted octanol–water partition coefficient (Wildman–Crippen LogP) is 3.52. The Morgan fingerprint density at radius 2 is 1.88 bits per heavy atom. The summed E-state index contributed by atoms with van der Waals surface area (Å²) in [7, 11) is 1.98. The molecule has 0 aliphatic heterocycles. The minimum Gasteiger partial charge on any atom is -0.478 e. The van der Waals surface area contributed by atoms with E-state index in [9.17, 15) is 4.79 Å². The first kappa shape index (κ1) is 11.7. The molecule has 88 valence electrons. The van der Waals surface area contributed by atoms with Gasteiger partial charge in [0.2, 0.25) is 0 Å². The van der Waals surface area contributed by atoms with Crippen LogP contribution >= 0.6 is 11.3 Å². The summed E-state index contributed by atoms with van der Waals surface area (Å²) in [5.41, 5.74) is 2.52. The molecule has 0 unspecified atom stereocenters. The van der Waals surface area contributed by atoms with Gasteiger partial charge in [-0.2, -0.15) is 0 Å². The predicted molar refractivity (Wildman–Crippen MR) is 70.5 cm³/mol. The molecule has 2 aromatic rings. The van der Waals surface area contributed by atoms with Crippen LogP contribution in [-0.2, 0) is 0 Å². The van der Waals surface area contributed by atoms with Crippen LogP contribution in [-0.4, -0.2) is 18.1 Å². The molecule has 3 nitrogen and oxygen atoms in total. The van der Waals surface area contributed by atoms with E-state index < -0.39 is 5.97 Å². The van der Waals surface area contributed by atoms with Gasteiger partial charge in [-0.15, -0.1) is 11.3 Å². The number of nitrogens with zero attached hydrogens (tertiary/aromatic N) is 1. The quantitative estimate of drug-likeness (QED) is 0.902. The fourth-order valence-electron chi connectivity index (χ4n) is 1.65. The van der Waals surface area contributed by atoms with Crippen molar-refractivity contribution in [2.75, 3.05) is 11.9 Å². The molecule has 0 atom stereocenters. The molecule has 0 spiro atoms. The Labute approximate surface area is 104 Å². The monoisotopic (exact) mass is 247 g/mol. The normalized spacial score (nSPS) is 10.2. The summed E-state index contributed by atoms with van der Waals surface area (Å²) < 4.78 is 0. The van der Waals surface area contributed by atoms with Crippen molar-refractivity contribution in [2.45, 2.75) is 6.92 Å². The number of rotatable bonds is 3. The van der Waals surface area contributed by atoms with Crippen molar-refractivity contribution < 1.29 is 9.90 Å². The van der Waals surface area contributed by atoms with Gasteiger partial charge in [0, 0.05) is 12.7 Å². The van der Waals surface area contributed by atoms with Gasteiger partial charge in [0.25, 0.3) is 0 Å². The molecule has 0 saturated carbocycles. The second kappa shape index (κ2) is 4.59. The van der Waals surface area contributed by atoms with E-state index in [2.05, 4.69) is 17.9 Å². The topological polar surface area (TPSA) is 40.5 Å². The van der Waals surface area contributed by atoms with Crippen molar-refractivity contribution in [2.24, 2.45) is 0 Å². The summed E-state index contributed by atoms with van der Waals surface area (Å²) in [6.45, 7) is 2.06. The first-order valence-corrected chi connectivity index (χ1v) is 6.09. The summed E-state index contributed by atoms with van der Waals surface area (Å²) >= 11 is 1.67. The number of aryl methyl sites for hydroxylation is 1. The van der Waals surface area contributed by atoms with Crippen LogP contribution in [0.4, 0.5) is 10.7 Å². The number of thiophene rings is 1. The second-order valence-electron chi connectivity index (χ2n) is 3.82. The SMILES string of the molecule is Cc1ccsc1N(C)c1ccc(C(=O)O)cc1. The molecule has 0 saturated heterocycles. The lowest BCUT2D eigenvalue weighted by Gasteiger charge is -2.18. The summed E-state index contributed by atoms with van der Waals surface area (Å²) in [5, 5.41) is 12.1. The van der Waals surface area contributed by atoms with Crippen LogP contribution in [0, 0.1) is 6.92 Å². The van der Waals surface area contributed by atoms with Gasteiger partial charge in [0.1, 0.15) is 0 Å². The molecule has 17 heavy (non-hydrogen) atoms. The minimum absolute atomic E-state index is 0.310. The van der Waals surface area contributed by atoms with Crippen LogP contribution in [0.2, 0.25) is 0 Å². The molecule has 1 aromatic heterocycles. The first-order chi connectivity index (χ1) is 8.09. The Morgan fingerprint density at radius 3 is 2.35 bits per heavy atom. The highest BCUT2D eigenvalue weighted by molar-refractivity contribution is 7.14. The molecule has 1 aromatic carbocycles. The number of hydrogen-bond acceptors (Lipinski definition) is 3. The van der Waals surface area contributed by atoms with Crippen molar-refractivity contribution in [1.82, 2.24) is 0 Å². The Bertz CT molecular complexity index is 531. The van der Waals surface area contributed by atoms with E-state index in [1.165, 1.54) is 10.6 Å². The smallest absolute Gasteiger partial charge is 0.335 e. The number of carboxylic acids is 1. The fourth-order valence-corrected chi connectivity index (χ4v) is 2.57. The third-order valence-corrected chi connectivity index (χ3v) is 3.73. The van der Waals surface area contributed by atoms with Crippen molar-refractivity contribution >= 4 is 28.0 Å². The highest BCUT2D eigenvalue weighted by Crippen LogP contribution is 2.31. The van der Waals surface area contributed by atoms with Crippen molar-refractivity contribution in [3.05, 3.63) is 46.8 Å². The molecule has 0 bridgehead atoms. The molecule has 0 fully saturated rings. The molecule has 0 amide bonds. The van der Waals surface area contributed by atoms with Crippen molar-refractivity contribution in [1.29, 1.82) is 0 Å². The lowest BCUT2D eigenvalue weighted by Crippen LogP contribution is -2.09. The molecule has 0 radical (unpaired) electrons. The van der Waals surface area contributed by atoms with Crippen molar-refractivity contribution in [3.63, 3.8) is 0 Å². The Kier molecular flexibility index (Phi) is 3.15. The van der Waals surface area contributed by atoms with Gasteiger partial charge < -0.3 is 10.0 Å². The van der Waals surface area contributed by atoms with E-state index in [-0.39, 0.29) is 0 Å². The van der Waals surface area contributed by atoms with Gasteiger partial charge in [-0.05, 0) is 48.2 Å². The van der Waals surface area contributed by atoms with E-state index in [1.54, 1.807) is 23.5 Å². The lowest BCUT2D eigenvalue weighted by molar-refractivity contribution is 0.0697. The fraction of sp³-hybridized carbons (Fsp3) is 0.154. The minimum atomic E-state index is -0.897. The largest absolute Gasteiger partial charge is 0.478 e. The summed E-state index contributed by atoms with van der Waals surface area (Å²) in [5.74, 6) is -0.897. The summed E-state index contributed by atoms with van der Waals surface area (Å²) in [4.78, 5) is 12.8. The van der Waals surface area contributed by atoms with Gasteiger partial charge in [-0.25, -0.2) is 4.79 Å². The maximum atomic E-state index is 10.8. The van der Waals surface area contributed by atoms with Crippen LogP contribution in [0.3, 0.4) is 0 Å². The van der Waals surface area contributed by atoms with E-state index in [0.717, 1.165) is 5.69 Å². The van der Waals surface area contributed by atoms with Gasteiger partial charge in [-0.1, -0.05) is 0 Å². The number of benzene rings is 1. The molecular formula is C13H13NO2S. The highest BCUT2D eigenvalue weighted by atomic mass is 32.1. The van der Waals surface area contributed by atoms with E-state index in [4.69, 9.17) is 5.11 Å². The highest BCUT2D eigenvalue weighted by Gasteiger charge is 2.09. The molecule has 1 N–H and O–H groups in total. The average Bonchev–Trinajstić information content (AvgIpc) is 2.74. The van der Waals surface area contributed by atoms with E-state index in [1.807, 2.05) is 24.6 Å². The molecule has 2 rings (SSSR count). The number of aromatic carboxylic acids is 1. The Morgan fingerprint density at radius 1 is 1.24 bits per heavy atom. The average molecular weight is 247 g/mol. The van der Waals surface area contributed by atoms with Crippen LogP contribution in [0.25, 0.3) is 0 Å². The zero-order chi connectivity index (χ0) is 12.4. The van der Waals surface area contributed by atoms with Gasteiger partial charge in [0.15, 0.2) is 0 Å². The number of carboxylic acid groups (broad SMARTS) is 1. The van der Waals surface area contributed by atoms with E-state index in [0.29, 0.717) is 5.56 Å². The number of hydrogen-bond donors (Lipinski definition) is 1. The maximum absolute atomic E-state index is 10.8. The van der Waals surface area contributed by atoms with Crippen LogP contribution < -0.4 is 4.90 Å². The first-order valence-electron chi connectivity index (χ1n) is 5.21. The summed E-state index contributed by atoms with van der Waals surface area (Å²) in [6.07, 6.45) is 0. The zero-order valence-electron chi connectivity index (χ0n) is 9.68. The van der Waals surface area contributed by atoms with Crippen LogP contribution in [0.5, 0.6) is 0 Å². The van der Waals surface area contributed by atoms with Crippen LogP contribution in [0.15, 0.2) is 35.7 Å². The van der Waals surface area contributed by atoms with E-state index >= 15 is 0 Å². The van der Waals surface area contributed by atoms with Gasteiger partial charge >= 0.3 is 5.97 Å². The Balaban J connectivity index is 2.29. The molecule has 0 aliphatic rings.